The van der Waals surface area contributed by atoms with E-state index in [1.54, 1.807) is 10.9 Å². The molecule has 0 saturated carbocycles. The third-order valence-corrected chi connectivity index (χ3v) is 2.30. The van der Waals surface area contributed by atoms with Crippen LogP contribution in [0.2, 0.25) is 0 Å². The van der Waals surface area contributed by atoms with Crippen LogP contribution in [0.5, 0.6) is 0 Å². The van der Waals surface area contributed by atoms with Gasteiger partial charge in [0.15, 0.2) is 0 Å². The summed E-state index contributed by atoms with van der Waals surface area (Å²) in [7, 11) is 3.10. The average molecular weight is 255 g/mol. The van der Waals surface area contributed by atoms with Crippen molar-refractivity contribution in [3.63, 3.8) is 0 Å². The highest BCUT2D eigenvalue weighted by Crippen LogP contribution is 1.92. The number of ether oxygens (including phenoxy) is 1. The van der Waals surface area contributed by atoms with Crippen molar-refractivity contribution in [1.82, 2.24) is 25.4 Å². The number of methoxy groups -OCH3 is 1. The molecule has 0 spiro atoms. The minimum absolute atomic E-state index is 0.263. The Balaban J connectivity index is 2.44. The monoisotopic (exact) mass is 255 g/mol. The van der Waals surface area contributed by atoms with E-state index in [4.69, 9.17) is 0 Å². The number of carbonyl (C=O) groups is 2. The molecule has 0 radical (unpaired) electrons. The van der Waals surface area contributed by atoms with Gasteiger partial charge in [-0.1, -0.05) is 0 Å². The molecule has 8 nitrogen and oxygen atoms in total. The smallest absolute Gasteiger partial charge is 0.329 e. The van der Waals surface area contributed by atoms with Crippen molar-refractivity contribution in [2.45, 2.75) is 19.5 Å². The van der Waals surface area contributed by atoms with Crippen LogP contribution in [-0.2, 0) is 27.9 Å². The van der Waals surface area contributed by atoms with Gasteiger partial charge in [0, 0.05) is 20.5 Å². The predicted molar refractivity (Wildman–Crippen MR) is 62.3 cm³/mol. The van der Waals surface area contributed by atoms with Gasteiger partial charge < -0.3 is 19.9 Å². The molecule has 18 heavy (non-hydrogen) atoms. The van der Waals surface area contributed by atoms with Gasteiger partial charge in [-0.3, -0.25) is 4.79 Å². The molecular weight excluding hydrogens is 238 g/mol. The lowest BCUT2D eigenvalue weighted by atomic mass is 10.3. The number of hydrogen-bond acceptors (Lipinski definition) is 6. The van der Waals surface area contributed by atoms with Crippen molar-refractivity contribution in [1.29, 1.82) is 0 Å². The number of aryl methyl sites for hydroxylation is 1. The van der Waals surface area contributed by atoms with E-state index >= 15 is 0 Å². The van der Waals surface area contributed by atoms with Gasteiger partial charge in [-0.25, -0.2) is 4.79 Å². The van der Waals surface area contributed by atoms with Crippen LogP contribution in [0.4, 0.5) is 0 Å². The Hall–Kier alpha value is -1.96. The number of nitrogens with one attached hydrogen (secondary N) is 2. The maximum absolute atomic E-state index is 11.4. The van der Waals surface area contributed by atoms with E-state index in [2.05, 4.69) is 25.6 Å². The number of nitrogens with zero attached hydrogens (tertiary/aromatic N) is 3. The van der Waals surface area contributed by atoms with Gasteiger partial charge in [-0.15, -0.1) is 10.2 Å². The molecule has 0 aromatic carbocycles. The number of rotatable bonds is 6. The molecule has 1 atom stereocenters. The molecule has 1 heterocycles. The Morgan fingerprint density at radius 2 is 2.28 bits per heavy atom. The zero-order chi connectivity index (χ0) is 13.5. The van der Waals surface area contributed by atoms with E-state index in [-0.39, 0.29) is 12.5 Å². The first-order valence-corrected chi connectivity index (χ1v) is 5.43. The van der Waals surface area contributed by atoms with Gasteiger partial charge in [-0.05, 0) is 0 Å². The van der Waals surface area contributed by atoms with Crippen molar-refractivity contribution in [2.24, 2.45) is 7.05 Å². The van der Waals surface area contributed by atoms with Gasteiger partial charge >= 0.3 is 5.97 Å². The van der Waals surface area contributed by atoms with Crippen molar-refractivity contribution in [3.8, 4) is 0 Å². The Kier molecular flexibility index (Phi) is 5.25. The molecule has 0 aliphatic rings. The van der Waals surface area contributed by atoms with Gasteiger partial charge in [0.25, 0.3) is 0 Å². The first kappa shape index (κ1) is 14.1. The second-order valence-corrected chi connectivity index (χ2v) is 3.77. The molecule has 0 bridgehead atoms. The summed E-state index contributed by atoms with van der Waals surface area (Å²) < 4.78 is 6.36. The summed E-state index contributed by atoms with van der Waals surface area (Å²) in [5.74, 6) is -0.0389. The van der Waals surface area contributed by atoms with Crippen LogP contribution < -0.4 is 10.6 Å². The predicted octanol–water partition coefficient (Wildman–Crippen LogP) is -1.42. The minimum atomic E-state index is -0.708. The fraction of sp³-hybridized carbons (Fsp3) is 0.600. The van der Waals surface area contributed by atoms with E-state index in [0.717, 1.165) is 5.82 Å². The topological polar surface area (TPSA) is 98.1 Å². The van der Waals surface area contributed by atoms with Crippen LogP contribution in [0.25, 0.3) is 0 Å². The molecule has 0 aliphatic carbocycles. The van der Waals surface area contributed by atoms with E-state index < -0.39 is 12.0 Å². The van der Waals surface area contributed by atoms with E-state index in [1.165, 1.54) is 14.0 Å². The standard InChI is InChI=1S/C10H17N5O3/c1-7(16)13-8(10(17)18-3)4-11-5-9-14-12-6-15(9)2/h6,8,11H,4-5H2,1-3H3,(H,13,16). The SMILES string of the molecule is COC(=O)C(CNCc1nncn1C)NC(C)=O. The number of hydrogen-bond donors (Lipinski definition) is 2. The molecule has 1 rings (SSSR count). The normalized spacial score (nSPS) is 11.9. The fourth-order valence-corrected chi connectivity index (χ4v) is 1.38. The Morgan fingerprint density at radius 1 is 1.56 bits per heavy atom. The summed E-state index contributed by atoms with van der Waals surface area (Å²) in [5, 5.41) is 13.1. The van der Waals surface area contributed by atoms with E-state index in [9.17, 15) is 9.59 Å². The maximum Gasteiger partial charge on any atom is 0.329 e. The van der Waals surface area contributed by atoms with Crippen LogP contribution in [0.3, 0.4) is 0 Å². The molecule has 1 unspecified atom stereocenters. The highest BCUT2D eigenvalue weighted by atomic mass is 16.5. The minimum Gasteiger partial charge on any atom is -0.467 e. The van der Waals surface area contributed by atoms with Gasteiger partial charge in [0.2, 0.25) is 5.91 Å². The lowest BCUT2D eigenvalue weighted by Crippen LogP contribution is -2.47. The van der Waals surface area contributed by atoms with Crippen LogP contribution in [-0.4, -0.2) is 46.3 Å². The number of amides is 1. The Labute approximate surface area is 105 Å². The second kappa shape index (κ2) is 6.70. The highest BCUT2D eigenvalue weighted by Gasteiger charge is 2.19. The molecule has 0 saturated heterocycles. The summed E-state index contributed by atoms with van der Waals surface area (Å²) in [6, 6.07) is -0.708. The maximum atomic E-state index is 11.4. The Bertz CT molecular complexity index is 417. The third kappa shape index (κ3) is 4.13. The molecule has 100 valence electrons. The summed E-state index contributed by atoms with van der Waals surface area (Å²) in [4.78, 5) is 22.3. The molecule has 1 amide bonds. The lowest BCUT2D eigenvalue weighted by Gasteiger charge is -2.15. The third-order valence-electron chi connectivity index (χ3n) is 2.30. The van der Waals surface area contributed by atoms with Crippen LogP contribution in [0, 0.1) is 0 Å². The largest absolute Gasteiger partial charge is 0.467 e. The molecule has 2 N–H and O–H groups in total. The van der Waals surface area contributed by atoms with E-state index in [1.807, 2.05) is 7.05 Å². The van der Waals surface area contributed by atoms with Gasteiger partial charge in [0.1, 0.15) is 18.2 Å². The lowest BCUT2D eigenvalue weighted by molar-refractivity contribution is -0.144. The van der Waals surface area contributed by atoms with Crippen molar-refractivity contribution in [2.75, 3.05) is 13.7 Å². The Morgan fingerprint density at radius 3 is 2.78 bits per heavy atom. The molecule has 1 aromatic heterocycles. The fourth-order valence-electron chi connectivity index (χ4n) is 1.38. The molecule has 0 aliphatic heterocycles. The summed E-state index contributed by atoms with van der Waals surface area (Å²) in [6.07, 6.45) is 1.59. The second-order valence-electron chi connectivity index (χ2n) is 3.77. The molecule has 8 heteroatoms. The molecule has 1 aromatic rings. The number of esters is 1. The van der Waals surface area contributed by atoms with Crippen molar-refractivity contribution < 1.29 is 14.3 Å². The average Bonchev–Trinajstić information content (AvgIpc) is 2.72. The van der Waals surface area contributed by atoms with Crippen LogP contribution in [0.1, 0.15) is 12.7 Å². The van der Waals surface area contributed by atoms with Crippen LogP contribution >= 0.6 is 0 Å². The zero-order valence-electron chi connectivity index (χ0n) is 10.6. The number of carbonyl (C=O) groups excluding carboxylic acids is 2. The van der Waals surface area contributed by atoms with Gasteiger partial charge in [0.05, 0.1) is 13.7 Å². The summed E-state index contributed by atoms with van der Waals surface area (Å²) in [6.45, 7) is 2.06. The summed E-state index contributed by atoms with van der Waals surface area (Å²) >= 11 is 0. The first-order valence-electron chi connectivity index (χ1n) is 5.43. The number of aromatic nitrogens is 3. The first-order chi connectivity index (χ1) is 8.54. The quantitative estimate of drug-likeness (QED) is 0.606. The molecule has 0 fully saturated rings. The van der Waals surface area contributed by atoms with E-state index in [0.29, 0.717) is 6.54 Å². The zero-order valence-corrected chi connectivity index (χ0v) is 10.6. The van der Waals surface area contributed by atoms with Crippen molar-refractivity contribution in [3.05, 3.63) is 12.2 Å². The van der Waals surface area contributed by atoms with Crippen molar-refractivity contribution >= 4 is 11.9 Å². The summed E-state index contributed by atoms with van der Waals surface area (Å²) in [5.41, 5.74) is 0. The van der Waals surface area contributed by atoms with Crippen LogP contribution in [0.15, 0.2) is 6.33 Å². The van der Waals surface area contributed by atoms with Gasteiger partial charge in [-0.2, -0.15) is 0 Å². The highest BCUT2D eigenvalue weighted by molar-refractivity contribution is 5.83. The molecular formula is C10H17N5O3.